The molecule has 0 aromatic heterocycles. The van der Waals surface area contributed by atoms with E-state index in [1.54, 1.807) is 6.92 Å². The first kappa shape index (κ1) is 44.1. The van der Waals surface area contributed by atoms with Crippen LogP contribution in [0.2, 0.25) is 0 Å². The SMILES string of the molecule is C=C(C)OC(=O)CCCCCCCC(CCCCCCCC(=O)OCCC(CCCCC)CCCCC)OC(=O)CCCN(C)C. The minimum atomic E-state index is -0.205. The minimum absolute atomic E-state index is 0.0276. The number of nitrogens with zero attached hydrogens (tertiary/aromatic N) is 1. The van der Waals surface area contributed by atoms with Crippen LogP contribution in [0.5, 0.6) is 0 Å². The lowest BCUT2D eigenvalue weighted by Gasteiger charge is -2.18. The molecule has 1 atom stereocenters. The van der Waals surface area contributed by atoms with Crippen LogP contribution < -0.4 is 0 Å². The molecule has 7 nitrogen and oxygen atoms in total. The number of hydrogen-bond donors (Lipinski definition) is 0. The Morgan fingerprint density at radius 2 is 1.07 bits per heavy atom. The summed E-state index contributed by atoms with van der Waals surface area (Å²) >= 11 is 0. The first-order chi connectivity index (χ1) is 22.2. The maximum atomic E-state index is 12.5. The van der Waals surface area contributed by atoms with Gasteiger partial charge in [0.05, 0.1) is 12.4 Å². The fourth-order valence-electron chi connectivity index (χ4n) is 5.85. The molecule has 0 N–H and O–H groups in total. The molecule has 0 heterocycles. The van der Waals surface area contributed by atoms with Crippen LogP contribution in [-0.2, 0) is 28.6 Å². The van der Waals surface area contributed by atoms with Crippen LogP contribution in [0.25, 0.3) is 0 Å². The zero-order valence-electron chi connectivity index (χ0n) is 30.9. The van der Waals surface area contributed by atoms with Gasteiger partial charge < -0.3 is 19.1 Å². The Kier molecular flexibility index (Phi) is 30.4. The molecule has 0 aromatic rings. The number of ether oxygens (including phenoxy) is 3. The van der Waals surface area contributed by atoms with Crippen LogP contribution in [0.1, 0.15) is 181 Å². The van der Waals surface area contributed by atoms with Gasteiger partial charge in [-0.2, -0.15) is 0 Å². The van der Waals surface area contributed by atoms with Crippen molar-refractivity contribution in [2.45, 2.75) is 187 Å². The Morgan fingerprint density at radius 3 is 1.59 bits per heavy atom. The summed E-state index contributed by atoms with van der Waals surface area (Å²) in [6, 6.07) is 0. The van der Waals surface area contributed by atoms with Gasteiger partial charge >= 0.3 is 17.9 Å². The summed E-state index contributed by atoms with van der Waals surface area (Å²) in [4.78, 5) is 38.5. The van der Waals surface area contributed by atoms with Gasteiger partial charge in [0.15, 0.2) is 0 Å². The average molecular weight is 652 g/mol. The van der Waals surface area contributed by atoms with Crippen LogP contribution in [0.4, 0.5) is 0 Å². The highest BCUT2D eigenvalue weighted by Gasteiger charge is 2.15. The Labute approximate surface area is 284 Å². The van der Waals surface area contributed by atoms with Gasteiger partial charge in [0.2, 0.25) is 0 Å². The second-order valence-corrected chi connectivity index (χ2v) is 13.7. The minimum Gasteiger partial charge on any atom is -0.466 e. The number of hydrogen-bond acceptors (Lipinski definition) is 7. The van der Waals surface area contributed by atoms with Gasteiger partial charge in [-0.3, -0.25) is 14.4 Å². The van der Waals surface area contributed by atoms with Crippen molar-refractivity contribution in [2.75, 3.05) is 27.2 Å². The monoisotopic (exact) mass is 652 g/mol. The van der Waals surface area contributed by atoms with Crippen molar-refractivity contribution in [2.24, 2.45) is 5.92 Å². The zero-order valence-corrected chi connectivity index (χ0v) is 30.9. The van der Waals surface area contributed by atoms with E-state index in [1.807, 2.05) is 14.1 Å². The van der Waals surface area contributed by atoms with Crippen molar-refractivity contribution in [3.05, 3.63) is 12.3 Å². The molecule has 0 spiro atoms. The third-order valence-corrected chi connectivity index (χ3v) is 8.61. The summed E-state index contributed by atoms with van der Waals surface area (Å²) in [6.07, 6.45) is 25.3. The number of unbranched alkanes of at least 4 members (excludes halogenated alkanes) is 12. The molecule has 46 heavy (non-hydrogen) atoms. The lowest BCUT2D eigenvalue weighted by molar-refractivity contribution is -0.150. The molecule has 0 aliphatic heterocycles. The highest BCUT2D eigenvalue weighted by Crippen LogP contribution is 2.22. The Hall–Kier alpha value is -1.89. The molecule has 0 aliphatic carbocycles. The summed E-state index contributed by atoms with van der Waals surface area (Å²) in [7, 11) is 4.03. The number of carbonyl (C=O) groups is 3. The average Bonchev–Trinajstić information content (AvgIpc) is 2.99. The van der Waals surface area contributed by atoms with Crippen molar-refractivity contribution >= 4 is 17.9 Å². The molecule has 7 heteroatoms. The van der Waals surface area contributed by atoms with E-state index in [0.29, 0.717) is 37.5 Å². The molecule has 0 radical (unpaired) electrons. The highest BCUT2D eigenvalue weighted by molar-refractivity contribution is 5.70. The van der Waals surface area contributed by atoms with Gasteiger partial charge in [-0.15, -0.1) is 0 Å². The summed E-state index contributed by atoms with van der Waals surface area (Å²) in [5, 5.41) is 0. The van der Waals surface area contributed by atoms with E-state index in [4.69, 9.17) is 14.2 Å². The molecule has 1 unspecified atom stereocenters. The normalized spacial score (nSPS) is 12.0. The van der Waals surface area contributed by atoms with E-state index >= 15 is 0 Å². The van der Waals surface area contributed by atoms with Gasteiger partial charge in [0.25, 0.3) is 0 Å². The van der Waals surface area contributed by atoms with Gasteiger partial charge in [0, 0.05) is 19.3 Å². The van der Waals surface area contributed by atoms with E-state index in [-0.39, 0.29) is 24.0 Å². The van der Waals surface area contributed by atoms with Gasteiger partial charge in [-0.25, -0.2) is 0 Å². The predicted octanol–water partition coefficient (Wildman–Crippen LogP) is 10.5. The Morgan fingerprint density at radius 1 is 0.587 bits per heavy atom. The first-order valence-electron chi connectivity index (χ1n) is 19.0. The van der Waals surface area contributed by atoms with Crippen LogP contribution >= 0.6 is 0 Å². The quantitative estimate of drug-likeness (QED) is 0.0302. The van der Waals surface area contributed by atoms with Crippen molar-refractivity contribution in [3.8, 4) is 0 Å². The maximum Gasteiger partial charge on any atom is 0.310 e. The molecule has 0 saturated heterocycles. The molecule has 0 saturated carbocycles. The van der Waals surface area contributed by atoms with Crippen LogP contribution in [0.15, 0.2) is 12.3 Å². The van der Waals surface area contributed by atoms with E-state index < -0.39 is 0 Å². The van der Waals surface area contributed by atoms with E-state index in [1.165, 1.54) is 51.4 Å². The Bertz CT molecular complexity index is 758. The van der Waals surface area contributed by atoms with E-state index in [9.17, 15) is 14.4 Å². The topological polar surface area (TPSA) is 82.1 Å². The summed E-state index contributed by atoms with van der Waals surface area (Å²) in [6.45, 7) is 11.2. The maximum absolute atomic E-state index is 12.5. The molecule has 0 aromatic carbocycles. The third-order valence-electron chi connectivity index (χ3n) is 8.61. The first-order valence-corrected chi connectivity index (χ1v) is 19.0. The fourth-order valence-corrected chi connectivity index (χ4v) is 5.85. The van der Waals surface area contributed by atoms with Crippen molar-refractivity contribution < 1.29 is 28.6 Å². The molecular weight excluding hydrogens is 578 g/mol. The second-order valence-electron chi connectivity index (χ2n) is 13.7. The molecule has 0 rings (SSSR count). The van der Waals surface area contributed by atoms with Crippen LogP contribution in [0.3, 0.4) is 0 Å². The van der Waals surface area contributed by atoms with E-state index in [0.717, 1.165) is 96.4 Å². The molecule has 0 aliphatic rings. The van der Waals surface area contributed by atoms with Gasteiger partial charge in [0.1, 0.15) is 6.10 Å². The number of esters is 3. The van der Waals surface area contributed by atoms with Gasteiger partial charge in [-0.1, -0.05) is 110 Å². The summed E-state index contributed by atoms with van der Waals surface area (Å²) in [5.41, 5.74) is 0. The predicted molar refractivity (Wildman–Crippen MR) is 191 cm³/mol. The van der Waals surface area contributed by atoms with Crippen molar-refractivity contribution in [1.29, 1.82) is 0 Å². The van der Waals surface area contributed by atoms with Crippen LogP contribution in [-0.4, -0.2) is 56.2 Å². The zero-order chi connectivity index (χ0) is 34.3. The lowest BCUT2D eigenvalue weighted by atomic mass is 9.92. The molecular formula is C39H73NO6. The van der Waals surface area contributed by atoms with Crippen LogP contribution in [0, 0.1) is 5.92 Å². The number of rotatable bonds is 33. The Balaban J connectivity index is 4.25. The third kappa shape index (κ3) is 30.7. The second kappa shape index (κ2) is 31.7. The smallest absolute Gasteiger partial charge is 0.310 e. The molecule has 0 fully saturated rings. The molecule has 270 valence electrons. The lowest BCUT2D eigenvalue weighted by Crippen LogP contribution is -2.20. The fraction of sp³-hybridized carbons (Fsp3) is 0.872. The molecule has 0 amide bonds. The van der Waals surface area contributed by atoms with E-state index in [2.05, 4.69) is 25.3 Å². The number of carbonyl (C=O) groups excluding carboxylic acids is 3. The molecule has 0 bridgehead atoms. The van der Waals surface area contributed by atoms with Crippen molar-refractivity contribution in [3.63, 3.8) is 0 Å². The highest BCUT2D eigenvalue weighted by atomic mass is 16.5. The standard InChI is InChI=1S/C39H73NO6/c1-7-9-17-24-35(25-18-10-8-2)31-33-44-37(41)28-21-15-11-13-19-26-36(46-39(43)30-23-32-40(5)6)27-20-14-12-16-22-29-38(42)45-34(3)4/h35-36H,3,7-33H2,1-2,4-6H3. The summed E-state index contributed by atoms with van der Waals surface area (Å²) in [5.74, 6) is 0.792. The van der Waals surface area contributed by atoms with Crippen molar-refractivity contribution in [1.82, 2.24) is 4.90 Å². The summed E-state index contributed by atoms with van der Waals surface area (Å²) < 4.78 is 16.5. The van der Waals surface area contributed by atoms with Gasteiger partial charge in [-0.05, 0) is 84.8 Å². The largest absolute Gasteiger partial charge is 0.466 e. The number of allylic oxidation sites excluding steroid dienone is 1.